The molecule has 0 saturated carbocycles. The van der Waals surface area contributed by atoms with E-state index in [-0.39, 0.29) is 17.4 Å². The zero-order valence-corrected chi connectivity index (χ0v) is 7.64. The predicted octanol–water partition coefficient (Wildman–Crippen LogP) is 0.386. The maximum absolute atomic E-state index is 10.9. The molecule has 0 radical (unpaired) electrons. The summed E-state index contributed by atoms with van der Waals surface area (Å²) >= 11 is 0. The maximum Gasteiger partial charge on any atom is 0.354 e. The van der Waals surface area contributed by atoms with Crippen molar-refractivity contribution in [1.29, 1.82) is 0 Å². The van der Waals surface area contributed by atoms with Crippen LogP contribution in [0.5, 0.6) is 5.88 Å². The molecule has 0 spiro atoms. The Kier molecular flexibility index (Phi) is 2.76. The number of hydrogen-bond acceptors (Lipinski definition) is 5. The number of carbonyl (C=O) groups is 2. The SMILES string of the molecule is COc1cc(C(=O)O)nc(C(C)=O)n1. The van der Waals surface area contributed by atoms with Gasteiger partial charge in [0.25, 0.3) is 0 Å². The lowest BCUT2D eigenvalue weighted by molar-refractivity contribution is 0.0689. The van der Waals surface area contributed by atoms with Crippen LogP contribution in [0.4, 0.5) is 0 Å². The first-order chi connectivity index (χ1) is 6.54. The second-order valence-corrected chi connectivity index (χ2v) is 2.48. The third kappa shape index (κ3) is 2.03. The van der Waals surface area contributed by atoms with E-state index in [0.717, 1.165) is 6.07 Å². The van der Waals surface area contributed by atoms with Gasteiger partial charge in [-0.05, 0) is 0 Å². The van der Waals surface area contributed by atoms with Crippen molar-refractivity contribution in [2.45, 2.75) is 6.92 Å². The number of rotatable bonds is 3. The summed E-state index contributed by atoms with van der Waals surface area (Å²) in [5.74, 6) is -1.75. The van der Waals surface area contributed by atoms with Gasteiger partial charge in [0.15, 0.2) is 17.3 Å². The van der Waals surface area contributed by atoms with E-state index in [2.05, 4.69) is 9.97 Å². The molecule has 6 heteroatoms. The Hall–Kier alpha value is -1.98. The second kappa shape index (κ2) is 3.82. The van der Waals surface area contributed by atoms with Crippen LogP contribution >= 0.6 is 0 Å². The van der Waals surface area contributed by atoms with Gasteiger partial charge in [0.2, 0.25) is 5.88 Å². The molecule has 1 rings (SSSR count). The Bertz CT molecular complexity index is 357. The number of ether oxygens (including phenoxy) is 1. The van der Waals surface area contributed by atoms with Crippen LogP contribution in [0.2, 0.25) is 0 Å². The highest BCUT2D eigenvalue weighted by Gasteiger charge is 2.12. The van der Waals surface area contributed by atoms with Crippen LogP contribution in [0.25, 0.3) is 0 Å². The quantitative estimate of drug-likeness (QED) is 0.703. The molecule has 0 aliphatic rings. The minimum absolute atomic E-state index is 0.0580. The van der Waals surface area contributed by atoms with Gasteiger partial charge < -0.3 is 9.84 Å². The fraction of sp³-hybridized carbons (Fsp3) is 0.250. The molecule has 0 aromatic carbocycles. The van der Waals surface area contributed by atoms with Crippen LogP contribution in [0.15, 0.2) is 6.07 Å². The van der Waals surface area contributed by atoms with Crippen molar-refractivity contribution in [2.75, 3.05) is 7.11 Å². The predicted molar refractivity (Wildman–Crippen MR) is 45.5 cm³/mol. The van der Waals surface area contributed by atoms with E-state index in [9.17, 15) is 9.59 Å². The van der Waals surface area contributed by atoms with Crippen LogP contribution in [0, 0.1) is 0 Å². The third-order valence-corrected chi connectivity index (χ3v) is 1.45. The zero-order valence-electron chi connectivity index (χ0n) is 7.64. The number of aromatic nitrogens is 2. The van der Waals surface area contributed by atoms with Crippen molar-refractivity contribution in [1.82, 2.24) is 9.97 Å². The Morgan fingerprint density at radius 2 is 2.07 bits per heavy atom. The van der Waals surface area contributed by atoms with Gasteiger partial charge >= 0.3 is 5.97 Å². The van der Waals surface area contributed by atoms with E-state index in [4.69, 9.17) is 9.84 Å². The van der Waals surface area contributed by atoms with Crippen LogP contribution in [-0.2, 0) is 0 Å². The summed E-state index contributed by atoms with van der Waals surface area (Å²) in [5.41, 5.74) is -0.262. The Balaban J connectivity index is 3.27. The summed E-state index contributed by atoms with van der Waals surface area (Å²) in [7, 11) is 1.33. The fourth-order valence-electron chi connectivity index (χ4n) is 0.797. The number of methoxy groups -OCH3 is 1. The standard InChI is InChI=1S/C8H8N2O4/c1-4(11)7-9-5(8(12)13)3-6(10-7)14-2/h3H,1-2H3,(H,12,13). The van der Waals surface area contributed by atoms with Crippen molar-refractivity contribution >= 4 is 11.8 Å². The highest BCUT2D eigenvalue weighted by molar-refractivity contribution is 5.92. The van der Waals surface area contributed by atoms with E-state index < -0.39 is 11.8 Å². The van der Waals surface area contributed by atoms with Crippen molar-refractivity contribution in [2.24, 2.45) is 0 Å². The molecule has 1 aromatic heterocycles. The molecule has 0 bridgehead atoms. The molecule has 6 nitrogen and oxygen atoms in total. The van der Waals surface area contributed by atoms with Gasteiger partial charge in [0, 0.05) is 13.0 Å². The average Bonchev–Trinajstić information content (AvgIpc) is 2.16. The second-order valence-electron chi connectivity index (χ2n) is 2.48. The monoisotopic (exact) mass is 196 g/mol. The molecule has 1 heterocycles. The number of carbonyl (C=O) groups excluding carboxylic acids is 1. The van der Waals surface area contributed by atoms with Crippen molar-refractivity contribution < 1.29 is 19.4 Å². The first-order valence-corrected chi connectivity index (χ1v) is 3.72. The van der Waals surface area contributed by atoms with Gasteiger partial charge in [-0.3, -0.25) is 4.79 Å². The molecule has 14 heavy (non-hydrogen) atoms. The first kappa shape index (κ1) is 10.1. The lowest BCUT2D eigenvalue weighted by Gasteiger charge is -2.01. The lowest BCUT2D eigenvalue weighted by Crippen LogP contribution is -2.09. The van der Waals surface area contributed by atoms with Crippen LogP contribution in [0.1, 0.15) is 28.0 Å². The highest BCUT2D eigenvalue weighted by atomic mass is 16.5. The van der Waals surface area contributed by atoms with Gasteiger partial charge in [-0.15, -0.1) is 0 Å². The molecule has 0 unspecified atom stereocenters. The van der Waals surface area contributed by atoms with Gasteiger partial charge in [-0.25, -0.2) is 9.78 Å². The first-order valence-electron chi connectivity index (χ1n) is 3.72. The Morgan fingerprint density at radius 3 is 2.50 bits per heavy atom. The molecular formula is C8H8N2O4. The fourth-order valence-corrected chi connectivity index (χ4v) is 0.797. The topological polar surface area (TPSA) is 89.4 Å². The Morgan fingerprint density at radius 1 is 1.43 bits per heavy atom. The number of carboxylic acids is 1. The van der Waals surface area contributed by atoms with E-state index >= 15 is 0 Å². The molecule has 1 aromatic rings. The highest BCUT2D eigenvalue weighted by Crippen LogP contribution is 2.09. The number of Topliss-reactive ketones (excluding diaryl/α,β-unsaturated/α-hetero) is 1. The lowest BCUT2D eigenvalue weighted by atomic mass is 10.3. The van der Waals surface area contributed by atoms with E-state index in [1.165, 1.54) is 14.0 Å². The molecule has 0 saturated heterocycles. The number of ketones is 1. The van der Waals surface area contributed by atoms with Gasteiger partial charge in [0.1, 0.15) is 0 Å². The van der Waals surface area contributed by atoms with Gasteiger partial charge in [0.05, 0.1) is 7.11 Å². The van der Waals surface area contributed by atoms with Crippen LogP contribution < -0.4 is 4.74 Å². The van der Waals surface area contributed by atoms with Crippen molar-refractivity contribution in [3.05, 3.63) is 17.6 Å². The summed E-state index contributed by atoms with van der Waals surface area (Å²) in [6.07, 6.45) is 0. The van der Waals surface area contributed by atoms with Crippen molar-refractivity contribution in [3.8, 4) is 5.88 Å². The number of nitrogens with zero attached hydrogens (tertiary/aromatic N) is 2. The number of hydrogen-bond donors (Lipinski definition) is 1. The third-order valence-electron chi connectivity index (χ3n) is 1.45. The minimum atomic E-state index is -1.23. The molecule has 0 aliphatic carbocycles. The summed E-state index contributed by atoms with van der Waals surface area (Å²) in [6.45, 7) is 1.25. The smallest absolute Gasteiger partial charge is 0.354 e. The summed E-state index contributed by atoms with van der Waals surface area (Å²) in [4.78, 5) is 28.7. The van der Waals surface area contributed by atoms with Crippen LogP contribution in [-0.4, -0.2) is 33.9 Å². The summed E-state index contributed by atoms with van der Waals surface area (Å²) < 4.78 is 4.73. The maximum atomic E-state index is 10.9. The zero-order chi connectivity index (χ0) is 10.7. The summed E-state index contributed by atoms with van der Waals surface area (Å²) in [6, 6.07) is 1.15. The molecule has 0 aliphatic heterocycles. The van der Waals surface area contributed by atoms with Crippen molar-refractivity contribution in [3.63, 3.8) is 0 Å². The van der Waals surface area contributed by atoms with Gasteiger partial charge in [-0.2, -0.15) is 4.98 Å². The molecule has 1 N–H and O–H groups in total. The minimum Gasteiger partial charge on any atom is -0.481 e. The van der Waals surface area contributed by atoms with E-state index in [1.807, 2.05) is 0 Å². The molecular weight excluding hydrogens is 188 g/mol. The van der Waals surface area contributed by atoms with Crippen LogP contribution in [0.3, 0.4) is 0 Å². The average molecular weight is 196 g/mol. The molecule has 74 valence electrons. The van der Waals surface area contributed by atoms with E-state index in [0.29, 0.717) is 0 Å². The number of aromatic carboxylic acids is 1. The molecule has 0 amide bonds. The summed E-state index contributed by atoms with van der Waals surface area (Å²) in [5, 5.41) is 8.65. The largest absolute Gasteiger partial charge is 0.481 e. The van der Waals surface area contributed by atoms with Gasteiger partial charge in [-0.1, -0.05) is 0 Å². The molecule has 0 atom stereocenters. The number of carboxylic acid groups (broad SMARTS) is 1. The Labute approximate surface area is 79.6 Å². The van der Waals surface area contributed by atoms with E-state index in [1.54, 1.807) is 0 Å². The molecule has 0 fully saturated rings. The normalized spacial score (nSPS) is 9.57.